The fourth-order valence-corrected chi connectivity index (χ4v) is 2.70. The minimum atomic E-state index is -3.14. The van der Waals surface area contributed by atoms with Crippen molar-refractivity contribution in [1.82, 2.24) is 19.7 Å². The number of rotatable bonds is 3. The van der Waals surface area contributed by atoms with Crippen LogP contribution in [0.4, 0.5) is 17.6 Å². The van der Waals surface area contributed by atoms with Crippen molar-refractivity contribution in [3.05, 3.63) is 41.7 Å². The Morgan fingerprint density at radius 3 is 2.50 bits per heavy atom. The van der Waals surface area contributed by atoms with Gasteiger partial charge in [0, 0.05) is 30.7 Å². The molecule has 3 aromatic rings. The third-order valence-electron chi connectivity index (χ3n) is 4.01. The normalized spacial score (nSPS) is 15.2. The van der Waals surface area contributed by atoms with Gasteiger partial charge in [0.2, 0.25) is 0 Å². The summed E-state index contributed by atoms with van der Waals surface area (Å²) < 4.78 is 55.9. The fourth-order valence-electron chi connectivity index (χ4n) is 2.70. The smallest absolute Gasteiger partial charge is 0.288 e. The summed E-state index contributed by atoms with van der Waals surface area (Å²) in [5, 5.41) is 7.07. The molecule has 0 unspecified atom stereocenters. The first kappa shape index (κ1) is 15.0. The van der Waals surface area contributed by atoms with Crippen molar-refractivity contribution in [2.24, 2.45) is 0 Å². The number of halogens is 4. The van der Waals surface area contributed by atoms with E-state index in [0.717, 1.165) is 31.9 Å². The molecule has 0 atom stereocenters. The molecule has 1 fully saturated rings. The predicted octanol–water partition coefficient (Wildman–Crippen LogP) is 4.22. The largest absolute Gasteiger partial charge is 0.321 e. The number of aromatic nitrogens is 4. The number of benzene rings is 1. The summed E-state index contributed by atoms with van der Waals surface area (Å²) in [6, 6.07) is 3.40. The third kappa shape index (κ3) is 2.42. The van der Waals surface area contributed by atoms with E-state index in [1.54, 1.807) is 4.57 Å². The first-order valence-electron chi connectivity index (χ1n) is 7.43. The lowest BCUT2D eigenvalue weighted by molar-refractivity contribution is 0.0119. The van der Waals surface area contributed by atoms with E-state index < -0.39 is 23.3 Å². The van der Waals surface area contributed by atoms with Crippen LogP contribution in [0.3, 0.4) is 0 Å². The molecule has 124 valence electrons. The van der Waals surface area contributed by atoms with Crippen molar-refractivity contribution >= 4 is 11.0 Å². The molecule has 2 aromatic heterocycles. The van der Waals surface area contributed by atoms with Crippen LogP contribution in [0, 0.1) is 11.6 Å². The summed E-state index contributed by atoms with van der Waals surface area (Å²) in [5.74, 6) is -4.75. The van der Waals surface area contributed by atoms with Gasteiger partial charge in [-0.3, -0.25) is 0 Å². The Labute approximate surface area is 134 Å². The highest BCUT2D eigenvalue weighted by Gasteiger charge is 2.31. The zero-order valence-corrected chi connectivity index (χ0v) is 12.6. The molecule has 0 bridgehead atoms. The van der Waals surface area contributed by atoms with E-state index in [4.69, 9.17) is 0 Å². The van der Waals surface area contributed by atoms with E-state index >= 15 is 0 Å². The molecule has 24 heavy (non-hydrogen) atoms. The lowest BCUT2D eigenvalue weighted by Gasteiger charge is -2.11. The van der Waals surface area contributed by atoms with Crippen LogP contribution in [0.1, 0.15) is 31.5 Å². The van der Waals surface area contributed by atoms with Gasteiger partial charge < -0.3 is 4.57 Å². The summed E-state index contributed by atoms with van der Waals surface area (Å²) in [6.07, 6.45) is 3.06. The van der Waals surface area contributed by atoms with Crippen LogP contribution in [0.5, 0.6) is 0 Å². The van der Waals surface area contributed by atoms with Crippen molar-refractivity contribution in [2.75, 3.05) is 0 Å². The van der Waals surface area contributed by atoms with Gasteiger partial charge in [0.05, 0.1) is 17.2 Å². The van der Waals surface area contributed by atoms with Crippen LogP contribution < -0.4 is 0 Å². The lowest BCUT2D eigenvalue weighted by atomic mass is 10.2. The lowest BCUT2D eigenvalue weighted by Crippen LogP contribution is -2.11. The number of imidazole rings is 1. The monoisotopic (exact) mass is 336 g/mol. The topological polar surface area (TPSA) is 43.6 Å². The molecule has 0 amide bonds. The van der Waals surface area contributed by atoms with Crippen LogP contribution in [0.15, 0.2) is 24.4 Å². The number of hydrogen-bond donors (Lipinski definition) is 0. The Hall–Kier alpha value is -2.51. The molecule has 8 heteroatoms. The van der Waals surface area contributed by atoms with Crippen molar-refractivity contribution in [1.29, 1.82) is 0 Å². The molecule has 0 spiro atoms. The van der Waals surface area contributed by atoms with Crippen molar-refractivity contribution < 1.29 is 17.6 Å². The van der Waals surface area contributed by atoms with Crippen LogP contribution in [-0.2, 0) is 5.92 Å². The zero-order chi connectivity index (χ0) is 17.1. The number of nitrogens with zero attached hydrogens (tertiary/aromatic N) is 4. The molecule has 2 heterocycles. The molecule has 1 aromatic carbocycles. The highest BCUT2D eigenvalue weighted by Crippen LogP contribution is 2.41. The molecule has 4 rings (SSSR count). The highest BCUT2D eigenvalue weighted by molar-refractivity contribution is 5.81. The van der Waals surface area contributed by atoms with Crippen LogP contribution in [-0.4, -0.2) is 19.7 Å². The summed E-state index contributed by atoms with van der Waals surface area (Å²) in [4.78, 5) is 4.31. The Balaban J connectivity index is 1.95. The molecular formula is C16H12F4N4. The minimum absolute atomic E-state index is 0.0913. The maximum atomic E-state index is 13.6. The quantitative estimate of drug-likeness (QED) is 0.673. The van der Waals surface area contributed by atoms with Crippen molar-refractivity contribution in [3.63, 3.8) is 0 Å². The van der Waals surface area contributed by atoms with Gasteiger partial charge in [-0.25, -0.2) is 13.8 Å². The Bertz CT molecular complexity index is 941. The average Bonchev–Trinajstić information content (AvgIpc) is 3.30. The zero-order valence-electron chi connectivity index (χ0n) is 12.6. The Kier molecular flexibility index (Phi) is 3.13. The molecule has 0 radical (unpaired) electrons. The minimum Gasteiger partial charge on any atom is -0.321 e. The standard InChI is InChI=1S/C16H12F4N4/c1-16(19,20)14-4-8(7-21-23-14)15-22-12-5-10(17)11(18)6-13(12)24(15)9-2-3-9/h4-7,9H,2-3H2,1H3. The predicted molar refractivity (Wildman–Crippen MR) is 78.5 cm³/mol. The van der Waals surface area contributed by atoms with E-state index in [1.165, 1.54) is 12.3 Å². The van der Waals surface area contributed by atoms with Gasteiger partial charge in [-0.2, -0.15) is 13.9 Å². The second-order valence-corrected chi connectivity index (χ2v) is 6.01. The van der Waals surface area contributed by atoms with Crippen LogP contribution >= 0.6 is 0 Å². The number of hydrogen-bond acceptors (Lipinski definition) is 3. The maximum absolute atomic E-state index is 13.6. The Morgan fingerprint density at radius 2 is 1.83 bits per heavy atom. The fraction of sp³-hybridized carbons (Fsp3) is 0.312. The van der Waals surface area contributed by atoms with E-state index in [-0.39, 0.29) is 11.6 Å². The summed E-state index contributed by atoms with van der Waals surface area (Å²) >= 11 is 0. The van der Waals surface area contributed by atoms with Gasteiger partial charge in [-0.15, -0.1) is 5.10 Å². The molecule has 4 nitrogen and oxygen atoms in total. The summed E-state index contributed by atoms with van der Waals surface area (Å²) in [6.45, 7) is 0.732. The number of alkyl halides is 2. The van der Waals surface area contributed by atoms with E-state index in [1.807, 2.05) is 0 Å². The Morgan fingerprint density at radius 1 is 1.12 bits per heavy atom. The van der Waals surface area contributed by atoms with E-state index in [9.17, 15) is 17.6 Å². The molecule has 0 saturated heterocycles. The molecule has 1 aliphatic carbocycles. The molecule has 1 aliphatic rings. The van der Waals surface area contributed by atoms with Gasteiger partial charge in [-0.1, -0.05) is 0 Å². The maximum Gasteiger partial charge on any atom is 0.288 e. The average molecular weight is 336 g/mol. The molecule has 0 N–H and O–H groups in total. The van der Waals surface area contributed by atoms with Gasteiger partial charge in [0.25, 0.3) is 5.92 Å². The highest BCUT2D eigenvalue weighted by atomic mass is 19.3. The van der Waals surface area contributed by atoms with Gasteiger partial charge in [-0.05, 0) is 18.9 Å². The molecule has 0 aliphatic heterocycles. The SMILES string of the molecule is CC(F)(F)c1cc(-c2nc3cc(F)c(F)cc3n2C2CC2)cnn1. The van der Waals surface area contributed by atoms with Gasteiger partial charge >= 0.3 is 0 Å². The van der Waals surface area contributed by atoms with Crippen LogP contribution in [0.25, 0.3) is 22.4 Å². The van der Waals surface area contributed by atoms with E-state index in [0.29, 0.717) is 16.9 Å². The van der Waals surface area contributed by atoms with Gasteiger partial charge in [0.1, 0.15) is 11.5 Å². The van der Waals surface area contributed by atoms with Crippen molar-refractivity contribution in [2.45, 2.75) is 31.7 Å². The van der Waals surface area contributed by atoms with Gasteiger partial charge in [0.15, 0.2) is 11.6 Å². The summed E-state index contributed by atoms with van der Waals surface area (Å²) in [7, 11) is 0. The third-order valence-corrected chi connectivity index (χ3v) is 4.01. The number of fused-ring (bicyclic) bond motifs is 1. The van der Waals surface area contributed by atoms with Crippen LogP contribution in [0.2, 0.25) is 0 Å². The molecular weight excluding hydrogens is 324 g/mol. The van der Waals surface area contributed by atoms with Crippen molar-refractivity contribution in [3.8, 4) is 11.4 Å². The molecule has 1 saturated carbocycles. The summed E-state index contributed by atoms with van der Waals surface area (Å²) in [5.41, 5.74) is 0.572. The second-order valence-electron chi connectivity index (χ2n) is 6.01. The first-order valence-corrected chi connectivity index (χ1v) is 7.43. The second kappa shape index (κ2) is 4.99. The first-order chi connectivity index (χ1) is 11.3. The van der Waals surface area contributed by atoms with E-state index in [2.05, 4.69) is 15.2 Å².